The van der Waals surface area contributed by atoms with Crippen LogP contribution in [0.2, 0.25) is 0 Å². The van der Waals surface area contributed by atoms with Gasteiger partial charge in [-0.25, -0.2) is 4.79 Å². The number of ketones is 1. The van der Waals surface area contributed by atoms with E-state index in [1.54, 1.807) is 13.0 Å². The van der Waals surface area contributed by atoms with E-state index < -0.39 is 17.2 Å². The van der Waals surface area contributed by atoms with Crippen LogP contribution in [0.3, 0.4) is 0 Å². The van der Waals surface area contributed by atoms with Crippen molar-refractivity contribution in [2.45, 2.75) is 70.6 Å². The van der Waals surface area contributed by atoms with Gasteiger partial charge in [0.1, 0.15) is 16.9 Å². The summed E-state index contributed by atoms with van der Waals surface area (Å²) in [6.07, 6.45) is -1.24. The Labute approximate surface area is 237 Å². The molecule has 7 nitrogen and oxygen atoms in total. The van der Waals surface area contributed by atoms with Gasteiger partial charge in [0.2, 0.25) is 5.91 Å². The number of Topliss-reactive ketones (excluding diaryl/α,β-unsaturated/α-hetero) is 1. The van der Waals surface area contributed by atoms with Crippen molar-refractivity contribution in [2.24, 2.45) is 5.41 Å². The molecular formula is C31H35F3N2O5. The Morgan fingerprint density at radius 2 is 1.83 bits per heavy atom. The molecule has 2 fully saturated rings. The molecule has 2 aromatic rings. The normalized spacial score (nSPS) is 23.5. The zero-order valence-corrected chi connectivity index (χ0v) is 23.3. The number of piperidine rings is 1. The Morgan fingerprint density at radius 1 is 1.07 bits per heavy atom. The number of alkyl halides is 3. The highest BCUT2D eigenvalue weighted by Crippen LogP contribution is 2.45. The first kappa shape index (κ1) is 29.1. The fourth-order valence-electron chi connectivity index (χ4n) is 6.58. The summed E-state index contributed by atoms with van der Waals surface area (Å²) in [5.74, 6) is -0.301. The Hall–Kier alpha value is -3.40. The Bertz CT molecular complexity index is 1320. The lowest BCUT2D eigenvalue weighted by atomic mass is 9.80. The molecule has 2 unspecified atom stereocenters. The third-order valence-corrected chi connectivity index (χ3v) is 8.90. The molecule has 1 amide bonds. The third kappa shape index (κ3) is 5.84. The molecule has 2 heterocycles. The molecule has 0 spiro atoms. The predicted octanol–water partition coefficient (Wildman–Crippen LogP) is 5.57. The van der Waals surface area contributed by atoms with Gasteiger partial charge in [0.15, 0.2) is 6.73 Å². The molecule has 1 saturated carbocycles. The highest BCUT2D eigenvalue weighted by atomic mass is 19.4. The topological polar surface area (TPSA) is 76.2 Å². The SMILES string of the molecule is CCOC(=O)c1cccc(C2CCN(C3CCC(C(C)=O)(C(=O)N4COc5ccc(C(F)(F)F)cc5C4)C3)CC2)c1. The van der Waals surface area contributed by atoms with Gasteiger partial charge in [0, 0.05) is 11.6 Å². The zero-order valence-electron chi connectivity index (χ0n) is 23.3. The maximum atomic E-state index is 13.8. The zero-order chi connectivity index (χ0) is 29.4. The van der Waals surface area contributed by atoms with Crippen molar-refractivity contribution in [1.82, 2.24) is 9.80 Å². The van der Waals surface area contributed by atoms with E-state index in [0.717, 1.165) is 43.6 Å². The number of amides is 1. The Balaban J connectivity index is 1.24. The smallest absolute Gasteiger partial charge is 0.416 e. The number of esters is 1. The standard InChI is InChI=1S/C31H35F3N2O5/c1-3-40-28(38)23-6-4-5-22(15-23)21-10-13-35(14-11-21)26-9-12-30(17-26,20(2)37)29(39)36-18-24-16-25(31(32,33)34)7-8-27(24)41-19-36/h4-8,15-16,21,26H,3,9-14,17-19H2,1-2H3. The van der Waals surface area contributed by atoms with Gasteiger partial charge in [-0.2, -0.15) is 13.2 Å². The van der Waals surface area contributed by atoms with Crippen LogP contribution in [-0.2, 0) is 27.0 Å². The molecule has 1 saturated heterocycles. The number of likely N-dealkylation sites (tertiary alicyclic amines) is 1. The van der Waals surface area contributed by atoms with Gasteiger partial charge in [0.05, 0.1) is 24.3 Å². The van der Waals surface area contributed by atoms with Gasteiger partial charge in [0.25, 0.3) is 0 Å². The summed E-state index contributed by atoms with van der Waals surface area (Å²) >= 11 is 0. The average Bonchev–Trinajstić information content (AvgIpc) is 3.43. The van der Waals surface area contributed by atoms with Crippen LogP contribution < -0.4 is 4.74 Å². The van der Waals surface area contributed by atoms with Gasteiger partial charge in [-0.05, 0) is 101 Å². The van der Waals surface area contributed by atoms with Crippen LogP contribution in [0.1, 0.15) is 78.9 Å². The lowest BCUT2D eigenvalue weighted by molar-refractivity contribution is -0.152. The molecule has 0 N–H and O–H groups in total. The largest absolute Gasteiger partial charge is 0.473 e. The molecule has 5 rings (SSSR count). The molecule has 0 aromatic heterocycles. The lowest BCUT2D eigenvalue weighted by Crippen LogP contribution is -2.50. The van der Waals surface area contributed by atoms with Crippen LogP contribution in [0.15, 0.2) is 42.5 Å². The number of hydrogen-bond donors (Lipinski definition) is 0. The van der Waals surface area contributed by atoms with E-state index in [4.69, 9.17) is 9.47 Å². The Kier molecular flexibility index (Phi) is 8.14. The van der Waals surface area contributed by atoms with Gasteiger partial charge >= 0.3 is 12.1 Å². The van der Waals surface area contributed by atoms with Crippen LogP contribution in [-0.4, -0.2) is 59.9 Å². The lowest BCUT2D eigenvalue weighted by Gasteiger charge is -2.38. The van der Waals surface area contributed by atoms with E-state index in [-0.39, 0.29) is 42.5 Å². The van der Waals surface area contributed by atoms with Gasteiger partial charge < -0.3 is 19.3 Å². The van der Waals surface area contributed by atoms with Crippen molar-refractivity contribution in [2.75, 3.05) is 26.4 Å². The minimum absolute atomic E-state index is 0.0337. The van der Waals surface area contributed by atoms with Crippen molar-refractivity contribution < 1.29 is 37.0 Å². The van der Waals surface area contributed by atoms with Gasteiger partial charge in [-0.15, -0.1) is 0 Å². The number of carbonyl (C=O) groups excluding carboxylic acids is 3. The molecule has 2 aliphatic heterocycles. The third-order valence-electron chi connectivity index (χ3n) is 8.90. The van der Waals surface area contributed by atoms with Crippen molar-refractivity contribution in [3.05, 3.63) is 64.7 Å². The number of halogens is 3. The van der Waals surface area contributed by atoms with E-state index in [0.29, 0.717) is 43.1 Å². The van der Waals surface area contributed by atoms with Crippen molar-refractivity contribution >= 4 is 17.7 Å². The fourth-order valence-corrected chi connectivity index (χ4v) is 6.58. The molecule has 3 aliphatic rings. The summed E-state index contributed by atoms with van der Waals surface area (Å²) in [6, 6.07) is 10.9. The van der Waals surface area contributed by atoms with E-state index in [2.05, 4.69) is 4.90 Å². The second-order valence-corrected chi connectivity index (χ2v) is 11.3. The van der Waals surface area contributed by atoms with E-state index in [1.807, 2.05) is 18.2 Å². The molecule has 0 bridgehead atoms. The molecule has 10 heteroatoms. The van der Waals surface area contributed by atoms with E-state index >= 15 is 0 Å². The number of benzene rings is 2. The van der Waals surface area contributed by atoms with Crippen molar-refractivity contribution in [1.29, 1.82) is 0 Å². The molecule has 2 aromatic carbocycles. The molecule has 41 heavy (non-hydrogen) atoms. The molecule has 220 valence electrons. The Morgan fingerprint density at radius 3 is 2.51 bits per heavy atom. The maximum absolute atomic E-state index is 13.8. The van der Waals surface area contributed by atoms with E-state index in [1.165, 1.54) is 17.9 Å². The van der Waals surface area contributed by atoms with Crippen LogP contribution in [0.5, 0.6) is 5.75 Å². The quantitative estimate of drug-likeness (QED) is 0.333. The maximum Gasteiger partial charge on any atom is 0.416 e. The second-order valence-electron chi connectivity index (χ2n) is 11.3. The van der Waals surface area contributed by atoms with Crippen LogP contribution in [0, 0.1) is 5.41 Å². The van der Waals surface area contributed by atoms with Crippen molar-refractivity contribution in [3.8, 4) is 5.75 Å². The second kappa shape index (κ2) is 11.5. The summed E-state index contributed by atoms with van der Waals surface area (Å²) in [6.45, 7) is 5.01. The highest BCUT2D eigenvalue weighted by molar-refractivity contribution is 6.05. The number of carbonyl (C=O) groups is 3. The molecular weight excluding hydrogens is 537 g/mol. The van der Waals surface area contributed by atoms with Crippen LogP contribution in [0.25, 0.3) is 0 Å². The number of fused-ring (bicyclic) bond motifs is 1. The predicted molar refractivity (Wildman–Crippen MR) is 144 cm³/mol. The number of rotatable bonds is 6. The first-order valence-corrected chi connectivity index (χ1v) is 14.2. The first-order valence-electron chi connectivity index (χ1n) is 14.2. The molecule has 1 aliphatic carbocycles. The number of nitrogens with zero attached hydrogens (tertiary/aromatic N) is 2. The summed E-state index contributed by atoms with van der Waals surface area (Å²) in [5, 5.41) is 0. The van der Waals surface area contributed by atoms with Crippen molar-refractivity contribution in [3.63, 3.8) is 0 Å². The minimum Gasteiger partial charge on any atom is -0.473 e. The summed E-state index contributed by atoms with van der Waals surface area (Å²) < 4.78 is 50.5. The van der Waals surface area contributed by atoms with Gasteiger partial charge in [-0.1, -0.05) is 12.1 Å². The summed E-state index contributed by atoms with van der Waals surface area (Å²) in [5.41, 5.74) is -0.0767. The number of hydrogen-bond acceptors (Lipinski definition) is 6. The van der Waals surface area contributed by atoms with Crippen LogP contribution >= 0.6 is 0 Å². The minimum atomic E-state index is -4.50. The molecule has 2 atom stereocenters. The van der Waals surface area contributed by atoms with E-state index in [9.17, 15) is 27.6 Å². The fraction of sp³-hybridized carbons (Fsp3) is 0.516. The summed E-state index contributed by atoms with van der Waals surface area (Å²) in [7, 11) is 0. The average molecular weight is 573 g/mol. The highest BCUT2D eigenvalue weighted by Gasteiger charge is 2.52. The summed E-state index contributed by atoms with van der Waals surface area (Å²) in [4.78, 5) is 42.7. The monoisotopic (exact) mass is 572 g/mol. The first-order chi connectivity index (χ1) is 19.5. The molecule has 0 radical (unpaired) electrons. The van der Waals surface area contributed by atoms with Crippen LogP contribution in [0.4, 0.5) is 13.2 Å². The van der Waals surface area contributed by atoms with Gasteiger partial charge in [-0.3, -0.25) is 9.59 Å². The number of ether oxygens (including phenoxy) is 2.